The second-order valence-corrected chi connectivity index (χ2v) is 6.70. The van der Waals surface area contributed by atoms with E-state index in [1.165, 1.54) is 6.33 Å². The Hall–Kier alpha value is -3.15. The van der Waals surface area contributed by atoms with Gasteiger partial charge >= 0.3 is 0 Å². The Morgan fingerprint density at radius 1 is 1.11 bits per heavy atom. The van der Waals surface area contributed by atoms with Gasteiger partial charge in [0.2, 0.25) is 0 Å². The summed E-state index contributed by atoms with van der Waals surface area (Å²) >= 11 is 0. The molecule has 0 aliphatic heterocycles. The zero-order chi connectivity index (χ0) is 19.2. The first kappa shape index (κ1) is 18.6. The molecule has 3 rings (SSSR count). The SMILES string of the molecule is CC(C)c1ccccc1OCC(=O)N[C@@H](C)c1ccc(-n2cncn2)cc1. The van der Waals surface area contributed by atoms with Crippen molar-refractivity contribution in [2.75, 3.05) is 6.61 Å². The van der Waals surface area contributed by atoms with Crippen LogP contribution >= 0.6 is 0 Å². The number of nitrogens with zero attached hydrogens (tertiary/aromatic N) is 3. The molecule has 2 aromatic carbocycles. The molecule has 0 spiro atoms. The van der Waals surface area contributed by atoms with Crippen LogP contribution in [0.2, 0.25) is 0 Å². The van der Waals surface area contributed by atoms with E-state index in [0.717, 1.165) is 22.6 Å². The van der Waals surface area contributed by atoms with Crippen molar-refractivity contribution < 1.29 is 9.53 Å². The van der Waals surface area contributed by atoms with Crippen LogP contribution in [-0.4, -0.2) is 27.3 Å². The van der Waals surface area contributed by atoms with E-state index in [1.54, 1.807) is 11.0 Å². The van der Waals surface area contributed by atoms with Gasteiger partial charge in [0.05, 0.1) is 11.7 Å². The zero-order valence-electron chi connectivity index (χ0n) is 15.8. The van der Waals surface area contributed by atoms with E-state index in [0.29, 0.717) is 5.92 Å². The molecule has 0 aliphatic carbocycles. The molecule has 0 saturated heterocycles. The lowest BCUT2D eigenvalue weighted by atomic mass is 10.0. The van der Waals surface area contributed by atoms with Crippen LogP contribution in [0.25, 0.3) is 5.69 Å². The molecule has 0 fully saturated rings. The largest absolute Gasteiger partial charge is 0.483 e. The van der Waals surface area contributed by atoms with Gasteiger partial charge in [0.15, 0.2) is 6.61 Å². The molecule has 6 heteroatoms. The number of para-hydroxylation sites is 1. The molecule has 6 nitrogen and oxygen atoms in total. The summed E-state index contributed by atoms with van der Waals surface area (Å²) in [6, 6.07) is 15.5. The summed E-state index contributed by atoms with van der Waals surface area (Å²) in [7, 11) is 0. The van der Waals surface area contributed by atoms with Crippen LogP contribution < -0.4 is 10.1 Å². The molecule has 1 aromatic heterocycles. The lowest BCUT2D eigenvalue weighted by Crippen LogP contribution is -2.31. The highest BCUT2D eigenvalue weighted by atomic mass is 16.5. The Kier molecular flexibility index (Phi) is 5.86. The van der Waals surface area contributed by atoms with Crippen molar-refractivity contribution in [2.45, 2.75) is 32.7 Å². The number of ether oxygens (including phenoxy) is 1. The highest BCUT2D eigenvalue weighted by Crippen LogP contribution is 2.25. The van der Waals surface area contributed by atoms with Gasteiger partial charge < -0.3 is 10.1 Å². The number of carbonyl (C=O) groups is 1. The topological polar surface area (TPSA) is 69.0 Å². The Labute approximate surface area is 159 Å². The van der Waals surface area contributed by atoms with Crippen molar-refractivity contribution >= 4 is 5.91 Å². The van der Waals surface area contributed by atoms with Crippen molar-refractivity contribution in [2.24, 2.45) is 0 Å². The molecule has 0 aliphatic rings. The Morgan fingerprint density at radius 3 is 2.52 bits per heavy atom. The summed E-state index contributed by atoms with van der Waals surface area (Å²) in [6.07, 6.45) is 3.14. The Morgan fingerprint density at radius 2 is 1.85 bits per heavy atom. The van der Waals surface area contributed by atoms with Crippen LogP contribution in [0, 0.1) is 0 Å². The average Bonchev–Trinajstić information content (AvgIpc) is 3.21. The summed E-state index contributed by atoms with van der Waals surface area (Å²) in [4.78, 5) is 16.2. The minimum Gasteiger partial charge on any atom is -0.483 e. The van der Waals surface area contributed by atoms with Gasteiger partial charge in [-0.15, -0.1) is 0 Å². The fraction of sp³-hybridized carbons (Fsp3) is 0.286. The molecule has 140 valence electrons. The summed E-state index contributed by atoms with van der Waals surface area (Å²) in [5, 5.41) is 7.07. The summed E-state index contributed by atoms with van der Waals surface area (Å²) in [6.45, 7) is 6.15. The van der Waals surface area contributed by atoms with E-state index >= 15 is 0 Å². The number of aromatic nitrogens is 3. The van der Waals surface area contributed by atoms with Gasteiger partial charge in [-0.3, -0.25) is 4.79 Å². The second-order valence-electron chi connectivity index (χ2n) is 6.70. The van der Waals surface area contributed by atoms with E-state index in [-0.39, 0.29) is 18.6 Å². The lowest BCUT2D eigenvalue weighted by Gasteiger charge is -2.17. The van der Waals surface area contributed by atoms with Crippen molar-refractivity contribution in [3.05, 3.63) is 72.3 Å². The van der Waals surface area contributed by atoms with E-state index in [2.05, 4.69) is 29.2 Å². The number of hydrogen-bond acceptors (Lipinski definition) is 4. The first-order valence-corrected chi connectivity index (χ1v) is 9.00. The number of amides is 1. The Balaban J connectivity index is 1.56. The van der Waals surface area contributed by atoms with Crippen molar-refractivity contribution in [1.82, 2.24) is 20.1 Å². The third-order valence-electron chi connectivity index (χ3n) is 4.35. The van der Waals surface area contributed by atoms with Gasteiger partial charge in [-0.1, -0.05) is 44.2 Å². The highest BCUT2D eigenvalue weighted by molar-refractivity contribution is 5.78. The molecule has 1 amide bonds. The first-order valence-electron chi connectivity index (χ1n) is 9.00. The average molecular weight is 364 g/mol. The van der Waals surface area contributed by atoms with E-state index in [4.69, 9.17) is 4.74 Å². The van der Waals surface area contributed by atoms with Crippen molar-refractivity contribution in [3.63, 3.8) is 0 Å². The quantitative estimate of drug-likeness (QED) is 0.695. The van der Waals surface area contributed by atoms with Gasteiger partial charge in [0, 0.05) is 0 Å². The van der Waals surface area contributed by atoms with Gasteiger partial charge in [-0.25, -0.2) is 9.67 Å². The third-order valence-corrected chi connectivity index (χ3v) is 4.35. The van der Waals surface area contributed by atoms with Crippen LogP contribution in [0.1, 0.15) is 43.9 Å². The van der Waals surface area contributed by atoms with Crippen LogP contribution in [0.5, 0.6) is 5.75 Å². The zero-order valence-corrected chi connectivity index (χ0v) is 15.8. The number of hydrogen-bond donors (Lipinski definition) is 1. The predicted molar refractivity (Wildman–Crippen MR) is 104 cm³/mol. The first-order chi connectivity index (χ1) is 13.0. The van der Waals surface area contributed by atoms with Gasteiger partial charge in [-0.2, -0.15) is 5.10 Å². The maximum atomic E-state index is 12.3. The van der Waals surface area contributed by atoms with Crippen LogP contribution in [0.15, 0.2) is 61.2 Å². The molecule has 27 heavy (non-hydrogen) atoms. The summed E-state index contributed by atoms with van der Waals surface area (Å²) < 4.78 is 7.42. The molecule has 1 atom stereocenters. The highest BCUT2D eigenvalue weighted by Gasteiger charge is 2.12. The monoisotopic (exact) mass is 364 g/mol. The standard InChI is InChI=1S/C21H24N4O2/c1-15(2)19-6-4-5-7-20(19)27-12-21(26)24-16(3)17-8-10-18(11-9-17)25-14-22-13-23-25/h4-11,13-16H,12H2,1-3H3,(H,24,26)/t16-/m0/s1. The number of nitrogens with one attached hydrogen (secondary N) is 1. The maximum absolute atomic E-state index is 12.3. The molecule has 0 unspecified atom stereocenters. The number of benzene rings is 2. The molecular formula is C21H24N4O2. The fourth-order valence-corrected chi connectivity index (χ4v) is 2.86. The molecule has 0 saturated carbocycles. The normalized spacial score (nSPS) is 12.0. The predicted octanol–water partition coefficient (Wildman–Crippen LogP) is 3.65. The Bertz CT molecular complexity index is 873. The molecule has 0 radical (unpaired) electrons. The molecule has 1 N–H and O–H groups in total. The minimum atomic E-state index is -0.151. The van der Waals surface area contributed by atoms with E-state index in [1.807, 2.05) is 55.5 Å². The van der Waals surface area contributed by atoms with Gasteiger partial charge in [0.1, 0.15) is 18.4 Å². The van der Waals surface area contributed by atoms with Crippen LogP contribution in [0.3, 0.4) is 0 Å². The van der Waals surface area contributed by atoms with E-state index < -0.39 is 0 Å². The van der Waals surface area contributed by atoms with Crippen molar-refractivity contribution in [1.29, 1.82) is 0 Å². The lowest BCUT2D eigenvalue weighted by molar-refractivity contribution is -0.123. The smallest absolute Gasteiger partial charge is 0.258 e. The minimum absolute atomic E-state index is 0.00882. The van der Waals surface area contributed by atoms with Gasteiger partial charge in [0.25, 0.3) is 5.91 Å². The molecule has 3 aromatic rings. The van der Waals surface area contributed by atoms with Crippen LogP contribution in [-0.2, 0) is 4.79 Å². The van der Waals surface area contributed by atoms with Crippen molar-refractivity contribution in [3.8, 4) is 11.4 Å². The fourth-order valence-electron chi connectivity index (χ4n) is 2.86. The molecule has 1 heterocycles. The van der Waals surface area contributed by atoms with Crippen LogP contribution in [0.4, 0.5) is 0 Å². The second kappa shape index (κ2) is 8.49. The molecule has 0 bridgehead atoms. The van der Waals surface area contributed by atoms with E-state index in [9.17, 15) is 4.79 Å². The number of carbonyl (C=O) groups excluding carboxylic acids is 1. The third kappa shape index (κ3) is 4.73. The summed E-state index contributed by atoms with van der Waals surface area (Å²) in [5.41, 5.74) is 3.03. The summed E-state index contributed by atoms with van der Waals surface area (Å²) in [5.74, 6) is 0.945. The maximum Gasteiger partial charge on any atom is 0.258 e. The number of rotatable bonds is 7. The molecular weight excluding hydrogens is 340 g/mol. The van der Waals surface area contributed by atoms with Gasteiger partial charge in [-0.05, 0) is 42.2 Å².